The van der Waals surface area contributed by atoms with Crippen LogP contribution in [0.25, 0.3) is 45.4 Å². The Balaban J connectivity index is 1.45. The van der Waals surface area contributed by atoms with E-state index in [4.69, 9.17) is 15.0 Å². The van der Waals surface area contributed by atoms with Crippen molar-refractivity contribution in [3.05, 3.63) is 158 Å². The van der Waals surface area contributed by atoms with Crippen molar-refractivity contribution in [1.29, 1.82) is 0 Å². The predicted octanol–water partition coefficient (Wildman–Crippen LogP) is 9.59. The highest BCUT2D eigenvalue weighted by molar-refractivity contribution is 8.34. The van der Waals surface area contributed by atoms with E-state index in [0.717, 1.165) is 11.1 Å². The van der Waals surface area contributed by atoms with Crippen molar-refractivity contribution in [3.8, 4) is 45.4 Å². The fraction of sp³-hybridized carbons (Fsp3) is 0. The molecule has 1 aliphatic rings. The van der Waals surface area contributed by atoms with Gasteiger partial charge in [0.1, 0.15) is 5.69 Å². The molecular formula is C38H26N4S. The van der Waals surface area contributed by atoms with Crippen LogP contribution in [0.1, 0.15) is 0 Å². The van der Waals surface area contributed by atoms with Crippen LogP contribution in [0, 0.1) is 0 Å². The third-order valence-electron chi connectivity index (χ3n) is 7.84. The maximum atomic E-state index is 5.10. The van der Waals surface area contributed by atoms with E-state index in [0.29, 0.717) is 23.2 Å². The number of hydrogen-bond donors (Lipinski definition) is 0. The van der Waals surface area contributed by atoms with Crippen molar-refractivity contribution >= 4 is 10.0 Å². The highest BCUT2D eigenvalue weighted by Crippen LogP contribution is 2.80. The minimum Gasteiger partial charge on any atom is -0.253 e. The van der Waals surface area contributed by atoms with Gasteiger partial charge in [0.2, 0.25) is 0 Å². The molecule has 0 atom stereocenters. The summed E-state index contributed by atoms with van der Waals surface area (Å²) in [7, 11) is -1.78. The van der Waals surface area contributed by atoms with Crippen molar-refractivity contribution < 1.29 is 0 Å². The number of rotatable bonds is 5. The zero-order valence-corrected chi connectivity index (χ0v) is 24.0. The minimum absolute atomic E-state index is 0.554. The lowest BCUT2D eigenvalue weighted by molar-refractivity contribution is 1.06. The zero-order chi connectivity index (χ0) is 28.6. The van der Waals surface area contributed by atoms with Gasteiger partial charge >= 0.3 is 0 Å². The molecule has 0 bridgehead atoms. The molecule has 3 heterocycles. The minimum atomic E-state index is -1.78. The standard InChI is InChI=1S/C38H26N4S/c1-4-15-27(16-5-1)36-40-37(42-38(41-36)32-23-12-13-26-39-32)31-22-14-25-34-35(31)30-21-10-11-24-33(30)43(34,28-17-6-2-7-18-28)29-19-8-3-9-20-29/h1-26H. The van der Waals surface area contributed by atoms with Gasteiger partial charge in [0.15, 0.2) is 17.5 Å². The van der Waals surface area contributed by atoms with E-state index in [1.807, 2.05) is 48.5 Å². The SMILES string of the molecule is c1ccc(-c2nc(-c3ccccn3)nc(-c3cccc4c3-c3ccccc3S4(c3ccccc3)c3ccccc3)n2)cc1. The van der Waals surface area contributed by atoms with Gasteiger partial charge in [0.25, 0.3) is 0 Å². The molecule has 0 unspecified atom stereocenters. The lowest BCUT2D eigenvalue weighted by Gasteiger charge is -2.39. The second-order valence-corrected chi connectivity index (χ2v) is 13.3. The molecule has 0 spiro atoms. The van der Waals surface area contributed by atoms with Gasteiger partial charge in [-0.3, -0.25) is 4.98 Å². The number of benzene rings is 5. The number of hydrogen-bond acceptors (Lipinski definition) is 4. The van der Waals surface area contributed by atoms with Crippen LogP contribution in [0.15, 0.2) is 177 Å². The summed E-state index contributed by atoms with van der Waals surface area (Å²) in [5, 5.41) is 0. The Kier molecular flexibility index (Phi) is 6.16. The molecule has 5 aromatic carbocycles. The summed E-state index contributed by atoms with van der Waals surface area (Å²) < 4.78 is 0. The lowest BCUT2D eigenvalue weighted by Crippen LogP contribution is -2.03. The topological polar surface area (TPSA) is 51.6 Å². The number of nitrogens with zero attached hydrogens (tertiary/aromatic N) is 4. The third-order valence-corrected chi connectivity index (χ3v) is 11.8. The van der Waals surface area contributed by atoms with Crippen LogP contribution in [0.5, 0.6) is 0 Å². The number of fused-ring (bicyclic) bond motifs is 3. The molecule has 0 aliphatic carbocycles. The first-order valence-electron chi connectivity index (χ1n) is 14.2. The first kappa shape index (κ1) is 25.3. The van der Waals surface area contributed by atoms with Gasteiger partial charge in [-0.2, -0.15) is 0 Å². The fourth-order valence-corrected chi connectivity index (χ4v) is 10.3. The third kappa shape index (κ3) is 4.09. The van der Waals surface area contributed by atoms with Gasteiger partial charge in [-0.25, -0.2) is 15.0 Å². The van der Waals surface area contributed by atoms with Gasteiger partial charge in [0.05, 0.1) is 0 Å². The Morgan fingerprint density at radius 2 is 0.953 bits per heavy atom. The van der Waals surface area contributed by atoms with Gasteiger partial charge in [-0.1, -0.05) is 103 Å². The molecule has 7 aromatic rings. The summed E-state index contributed by atoms with van der Waals surface area (Å²) >= 11 is 0. The van der Waals surface area contributed by atoms with Gasteiger partial charge in [0, 0.05) is 42.5 Å². The van der Waals surface area contributed by atoms with E-state index < -0.39 is 10.0 Å². The summed E-state index contributed by atoms with van der Waals surface area (Å²) in [5.41, 5.74) is 5.03. The Morgan fingerprint density at radius 1 is 0.395 bits per heavy atom. The van der Waals surface area contributed by atoms with Crippen LogP contribution in [-0.2, 0) is 0 Å². The molecule has 43 heavy (non-hydrogen) atoms. The van der Waals surface area contributed by atoms with Gasteiger partial charge in [-0.15, -0.1) is 10.0 Å². The summed E-state index contributed by atoms with van der Waals surface area (Å²) in [6.45, 7) is 0. The highest BCUT2D eigenvalue weighted by atomic mass is 32.3. The van der Waals surface area contributed by atoms with Crippen LogP contribution < -0.4 is 0 Å². The van der Waals surface area contributed by atoms with E-state index in [9.17, 15) is 0 Å². The van der Waals surface area contributed by atoms with Crippen molar-refractivity contribution in [2.75, 3.05) is 0 Å². The largest absolute Gasteiger partial charge is 0.253 e. The molecule has 0 radical (unpaired) electrons. The molecule has 4 nitrogen and oxygen atoms in total. The summed E-state index contributed by atoms with van der Waals surface area (Å²) in [6.07, 6.45) is 1.77. The smallest absolute Gasteiger partial charge is 0.182 e. The molecule has 5 heteroatoms. The Hall–Kier alpha value is -5.39. The summed E-state index contributed by atoms with van der Waals surface area (Å²) in [5.74, 6) is 1.82. The van der Waals surface area contributed by atoms with Crippen LogP contribution in [0.3, 0.4) is 0 Å². The van der Waals surface area contributed by atoms with E-state index in [-0.39, 0.29) is 0 Å². The Morgan fingerprint density at radius 3 is 1.65 bits per heavy atom. The second kappa shape index (κ2) is 10.5. The average Bonchev–Trinajstić information content (AvgIpc) is 3.41. The quantitative estimate of drug-likeness (QED) is 0.207. The molecule has 0 saturated carbocycles. The van der Waals surface area contributed by atoms with Crippen molar-refractivity contribution in [3.63, 3.8) is 0 Å². The van der Waals surface area contributed by atoms with Crippen LogP contribution in [0.4, 0.5) is 0 Å². The maximum absolute atomic E-state index is 5.10. The van der Waals surface area contributed by atoms with E-state index in [2.05, 4.69) is 108 Å². The molecule has 0 amide bonds. The fourth-order valence-electron chi connectivity index (χ4n) is 6.02. The first-order valence-corrected chi connectivity index (χ1v) is 15.9. The molecule has 0 saturated heterocycles. The number of pyridine rings is 1. The predicted molar refractivity (Wildman–Crippen MR) is 173 cm³/mol. The Bertz CT molecular complexity index is 1970. The molecule has 2 aromatic heterocycles. The normalized spacial score (nSPS) is 13.6. The van der Waals surface area contributed by atoms with Crippen molar-refractivity contribution in [1.82, 2.24) is 19.9 Å². The first-order chi connectivity index (χ1) is 21.3. The zero-order valence-electron chi connectivity index (χ0n) is 23.2. The lowest BCUT2D eigenvalue weighted by atomic mass is 9.99. The van der Waals surface area contributed by atoms with Gasteiger partial charge in [-0.05, 0) is 54.1 Å². The molecule has 0 N–H and O–H groups in total. The van der Waals surface area contributed by atoms with Crippen molar-refractivity contribution in [2.24, 2.45) is 0 Å². The van der Waals surface area contributed by atoms with Crippen molar-refractivity contribution in [2.45, 2.75) is 19.6 Å². The number of aromatic nitrogens is 4. The Labute approximate surface area is 252 Å². The van der Waals surface area contributed by atoms with E-state index in [1.54, 1.807) is 6.20 Å². The van der Waals surface area contributed by atoms with Crippen LogP contribution in [-0.4, -0.2) is 19.9 Å². The van der Waals surface area contributed by atoms with Gasteiger partial charge < -0.3 is 0 Å². The average molecular weight is 571 g/mol. The highest BCUT2D eigenvalue weighted by Gasteiger charge is 2.43. The van der Waals surface area contributed by atoms with E-state index in [1.165, 1.54) is 30.7 Å². The molecular weight excluding hydrogens is 545 g/mol. The van der Waals surface area contributed by atoms with Crippen LogP contribution in [0.2, 0.25) is 0 Å². The monoisotopic (exact) mass is 570 g/mol. The molecule has 1 aliphatic heterocycles. The molecule has 8 rings (SSSR count). The molecule has 0 fully saturated rings. The van der Waals surface area contributed by atoms with E-state index >= 15 is 0 Å². The summed E-state index contributed by atoms with van der Waals surface area (Å²) in [4.78, 5) is 24.9. The molecule has 204 valence electrons. The maximum Gasteiger partial charge on any atom is 0.182 e. The summed E-state index contributed by atoms with van der Waals surface area (Å²) in [6, 6.07) is 53.2. The second-order valence-electron chi connectivity index (χ2n) is 10.3. The van der Waals surface area contributed by atoms with Crippen LogP contribution >= 0.6 is 10.0 Å².